The molecule has 4 aromatic rings. The largest absolute Gasteiger partial charge is 0.340 e. The molecule has 1 saturated heterocycles. The molecule has 1 aliphatic rings. The number of rotatable bonds is 3. The molecule has 0 atom stereocenters. The highest BCUT2D eigenvalue weighted by atomic mass is 32.2. The van der Waals surface area contributed by atoms with Gasteiger partial charge in [0.05, 0.1) is 10.4 Å². The van der Waals surface area contributed by atoms with Crippen LogP contribution in [0.1, 0.15) is 17.8 Å². The van der Waals surface area contributed by atoms with Crippen LogP contribution in [0.3, 0.4) is 0 Å². The van der Waals surface area contributed by atoms with Gasteiger partial charge in [0.1, 0.15) is 5.82 Å². The third-order valence-corrected chi connectivity index (χ3v) is 7.65. The van der Waals surface area contributed by atoms with Crippen LogP contribution in [0.4, 0.5) is 5.95 Å². The van der Waals surface area contributed by atoms with Crippen LogP contribution in [-0.4, -0.2) is 58.5 Å². The quantitative estimate of drug-likeness (QED) is 0.491. The van der Waals surface area contributed by atoms with Crippen molar-refractivity contribution in [3.63, 3.8) is 0 Å². The van der Waals surface area contributed by atoms with Crippen molar-refractivity contribution in [2.24, 2.45) is 0 Å². The van der Waals surface area contributed by atoms with Gasteiger partial charge in [0.2, 0.25) is 16.0 Å². The Balaban J connectivity index is 1.50. The van der Waals surface area contributed by atoms with Gasteiger partial charge in [-0.2, -0.15) is 4.31 Å². The van der Waals surface area contributed by atoms with Gasteiger partial charge in [-0.15, -0.1) is 10.2 Å². The van der Waals surface area contributed by atoms with Crippen molar-refractivity contribution < 1.29 is 8.42 Å². The highest BCUT2D eigenvalue weighted by Gasteiger charge is 2.28. The molecule has 8 nitrogen and oxygen atoms in total. The van der Waals surface area contributed by atoms with Gasteiger partial charge in [-0.25, -0.2) is 17.8 Å². The van der Waals surface area contributed by atoms with Crippen LogP contribution in [0.2, 0.25) is 0 Å². The van der Waals surface area contributed by atoms with Crippen LogP contribution in [0.25, 0.3) is 16.6 Å². The van der Waals surface area contributed by atoms with Crippen LogP contribution in [0, 0.1) is 13.8 Å². The summed E-state index contributed by atoms with van der Waals surface area (Å²) in [6.45, 7) is 5.94. The van der Waals surface area contributed by atoms with E-state index in [-0.39, 0.29) is 0 Å². The minimum absolute atomic E-state index is 0.349. The van der Waals surface area contributed by atoms with Gasteiger partial charge in [-0.3, -0.25) is 0 Å². The molecular weight excluding hydrogens is 412 g/mol. The molecule has 3 heterocycles. The van der Waals surface area contributed by atoms with Crippen molar-refractivity contribution >= 4 is 32.5 Å². The van der Waals surface area contributed by atoms with Crippen molar-refractivity contribution in [2.45, 2.75) is 25.2 Å². The number of aromatic nitrogens is 4. The summed E-state index contributed by atoms with van der Waals surface area (Å²) in [6, 6.07) is 15.0. The summed E-state index contributed by atoms with van der Waals surface area (Å²) >= 11 is 0. The van der Waals surface area contributed by atoms with E-state index in [9.17, 15) is 8.42 Å². The first-order chi connectivity index (χ1) is 14.9. The molecule has 0 radical (unpaired) electrons. The van der Waals surface area contributed by atoms with Crippen LogP contribution < -0.4 is 4.90 Å². The number of hydrogen-bond donors (Lipinski definition) is 0. The summed E-state index contributed by atoms with van der Waals surface area (Å²) in [5.41, 5.74) is 2.56. The fourth-order valence-electron chi connectivity index (χ4n) is 4.17. The third-order valence-electron chi connectivity index (χ3n) is 5.76. The van der Waals surface area contributed by atoms with Gasteiger partial charge in [0.25, 0.3) is 0 Å². The van der Waals surface area contributed by atoms with Crippen LogP contribution >= 0.6 is 0 Å². The Morgan fingerprint density at radius 2 is 1.74 bits per heavy atom. The SMILES string of the molecule is Cc1cccc(S(=O)(=O)N2CCCN(c3nc4ccccc4c4nnc(C)n34)CC2)c1. The fourth-order valence-corrected chi connectivity index (χ4v) is 5.74. The molecule has 160 valence electrons. The zero-order chi connectivity index (χ0) is 21.6. The maximum absolute atomic E-state index is 13.2. The average molecular weight is 437 g/mol. The molecule has 0 bridgehead atoms. The van der Waals surface area contributed by atoms with Crippen LogP contribution in [0.5, 0.6) is 0 Å². The van der Waals surface area contributed by atoms with E-state index in [4.69, 9.17) is 4.98 Å². The maximum Gasteiger partial charge on any atom is 0.243 e. The van der Waals surface area contributed by atoms with Gasteiger partial charge in [-0.1, -0.05) is 24.3 Å². The number of fused-ring (bicyclic) bond motifs is 3. The van der Waals surface area contributed by atoms with Crippen molar-refractivity contribution in [3.8, 4) is 0 Å². The molecule has 2 aromatic heterocycles. The molecular formula is C22H24N6O2S. The first kappa shape index (κ1) is 19.9. The number of aryl methyl sites for hydroxylation is 2. The first-order valence-electron chi connectivity index (χ1n) is 10.4. The van der Waals surface area contributed by atoms with Crippen molar-refractivity contribution in [1.82, 2.24) is 23.9 Å². The molecule has 0 aliphatic carbocycles. The lowest BCUT2D eigenvalue weighted by atomic mass is 10.2. The Bertz CT molecular complexity index is 1380. The van der Waals surface area contributed by atoms with E-state index in [0.717, 1.165) is 33.9 Å². The Labute approximate surface area is 181 Å². The van der Waals surface area contributed by atoms with Gasteiger partial charge in [0.15, 0.2) is 5.65 Å². The third kappa shape index (κ3) is 3.43. The highest BCUT2D eigenvalue weighted by molar-refractivity contribution is 7.89. The number of para-hydroxylation sites is 1. The number of nitrogens with zero attached hydrogens (tertiary/aromatic N) is 6. The van der Waals surface area contributed by atoms with E-state index in [0.29, 0.717) is 37.5 Å². The molecule has 0 unspecified atom stereocenters. The Morgan fingerprint density at radius 1 is 0.903 bits per heavy atom. The monoisotopic (exact) mass is 436 g/mol. The molecule has 0 amide bonds. The topological polar surface area (TPSA) is 83.7 Å². The molecule has 0 spiro atoms. The summed E-state index contributed by atoms with van der Waals surface area (Å²) < 4.78 is 30.0. The van der Waals surface area contributed by atoms with Crippen LogP contribution in [0.15, 0.2) is 53.4 Å². The molecule has 2 aromatic carbocycles. The summed E-state index contributed by atoms with van der Waals surface area (Å²) in [6.07, 6.45) is 0.711. The molecule has 1 aliphatic heterocycles. The maximum atomic E-state index is 13.2. The lowest BCUT2D eigenvalue weighted by molar-refractivity contribution is 0.433. The van der Waals surface area contributed by atoms with E-state index in [1.807, 2.05) is 48.6 Å². The van der Waals surface area contributed by atoms with E-state index in [1.165, 1.54) is 0 Å². The lowest BCUT2D eigenvalue weighted by Crippen LogP contribution is -2.36. The fraction of sp³-hybridized carbons (Fsp3) is 0.318. The molecule has 5 rings (SSSR count). The van der Waals surface area contributed by atoms with Crippen LogP contribution in [-0.2, 0) is 10.0 Å². The summed E-state index contributed by atoms with van der Waals surface area (Å²) in [5.74, 6) is 1.52. The molecule has 0 N–H and O–H groups in total. The van der Waals surface area contributed by atoms with Crippen molar-refractivity contribution in [3.05, 3.63) is 59.9 Å². The average Bonchev–Trinajstić information content (AvgIpc) is 2.99. The second-order valence-electron chi connectivity index (χ2n) is 7.90. The molecule has 1 fully saturated rings. The van der Waals surface area contributed by atoms with Gasteiger partial charge in [-0.05, 0) is 50.1 Å². The smallest absolute Gasteiger partial charge is 0.243 e. The predicted molar refractivity (Wildman–Crippen MR) is 120 cm³/mol. The Morgan fingerprint density at radius 3 is 2.58 bits per heavy atom. The minimum atomic E-state index is -3.53. The Hall–Kier alpha value is -3.04. The lowest BCUT2D eigenvalue weighted by Gasteiger charge is -2.24. The van der Waals surface area contributed by atoms with Gasteiger partial charge in [0, 0.05) is 31.6 Å². The predicted octanol–water partition coefficient (Wildman–Crippen LogP) is 2.80. The summed E-state index contributed by atoms with van der Waals surface area (Å²) in [5, 5.41) is 9.58. The summed E-state index contributed by atoms with van der Waals surface area (Å²) in [4.78, 5) is 7.39. The van der Waals surface area contributed by atoms with Crippen molar-refractivity contribution in [1.29, 1.82) is 0 Å². The van der Waals surface area contributed by atoms with E-state index >= 15 is 0 Å². The second-order valence-corrected chi connectivity index (χ2v) is 9.83. The zero-order valence-electron chi connectivity index (χ0n) is 17.6. The number of anilines is 1. The highest BCUT2D eigenvalue weighted by Crippen LogP contribution is 2.26. The minimum Gasteiger partial charge on any atom is -0.340 e. The normalized spacial score (nSPS) is 16.1. The zero-order valence-corrected chi connectivity index (χ0v) is 18.4. The van der Waals surface area contributed by atoms with E-state index in [1.54, 1.807) is 22.5 Å². The first-order valence-corrected chi connectivity index (χ1v) is 11.8. The molecule has 9 heteroatoms. The van der Waals surface area contributed by atoms with E-state index < -0.39 is 10.0 Å². The Kier molecular flexibility index (Phi) is 4.86. The molecule has 31 heavy (non-hydrogen) atoms. The van der Waals surface area contributed by atoms with Gasteiger partial charge >= 0.3 is 0 Å². The molecule has 0 saturated carbocycles. The second kappa shape index (κ2) is 7.58. The van der Waals surface area contributed by atoms with E-state index in [2.05, 4.69) is 15.1 Å². The number of hydrogen-bond acceptors (Lipinski definition) is 6. The number of benzene rings is 2. The standard InChI is InChI=1S/C22H24N6O2S/c1-16-7-5-8-18(15-16)31(29,30)27-12-6-11-26(13-14-27)22-23-20-10-4-3-9-19(20)21-25-24-17(2)28(21)22/h3-5,7-10,15H,6,11-14H2,1-2H3. The summed E-state index contributed by atoms with van der Waals surface area (Å²) in [7, 11) is -3.53. The number of sulfonamides is 1. The van der Waals surface area contributed by atoms with Crippen molar-refractivity contribution in [2.75, 3.05) is 31.1 Å². The van der Waals surface area contributed by atoms with Gasteiger partial charge < -0.3 is 4.90 Å².